The number of ether oxygens (including phenoxy) is 1. The lowest BCUT2D eigenvalue weighted by Crippen LogP contribution is -2.63. The first-order chi connectivity index (χ1) is 12.2. The lowest BCUT2D eigenvalue weighted by Gasteiger charge is -2.40. The summed E-state index contributed by atoms with van der Waals surface area (Å²) in [6, 6.07) is -0.870. The van der Waals surface area contributed by atoms with Crippen LogP contribution < -0.4 is 10.6 Å². The van der Waals surface area contributed by atoms with Crippen molar-refractivity contribution >= 4 is 18.0 Å². The fourth-order valence-corrected chi connectivity index (χ4v) is 3.48. The summed E-state index contributed by atoms with van der Waals surface area (Å²) in [7, 11) is 0. The molecular weight excluding hydrogens is 348 g/mol. The van der Waals surface area contributed by atoms with Crippen molar-refractivity contribution < 1.29 is 24.2 Å². The van der Waals surface area contributed by atoms with Gasteiger partial charge in [0.25, 0.3) is 0 Å². The van der Waals surface area contributed by atoms with Crippen LogP contribution in [0.3, 0.4) is 0 Å². The van der Waals surface area contributed by atoms with Crippen LogP contribution in [0.25, 0.3) is 0 Å². The molecule has 1 saturated carbocycles. The summed E-state index contributed by atoms with van der Waals surface area (Å²) in [5.74, 6) is -1.67. The van der Waals surface area contributed by atoms with Gasteiger partial charge in [-0.3, -0.25) is 4.79 Å². The highest BCUT2D eigenvalue weighted by Crippen LogP contribution is 2.34. The Balaban J connectivity index is 3.01. The number of rotatable bonds is 5. The zero-order valence-corrected chi connectivity index (χ0v) is 17.8. The second-order valence-electron chi connectivity index (χ2n) is 9.88. The molecule has 0 aromatic rings. The number of aliphatic carboxylic acids is 1. The summed E-state index contributed by atoms with van der Waals surface area (Å²) < 4.78 is 5.27. The summed E-state index contributed by atoms with van der Waals surface area (Å²) in [6.07, 6.45) is 2.52. The maximum Gasteiger partial charge on any atom is 0.408 e. The van der Waals surface area contributed by atoms with Gasteiger partial charge < -0.3 is 20.5 Å². The molecule has 3 N–H and O–H groups in total. The van der Waals surface area contributed by atoms with Crippen LogP contribution in [0, 0.1) is 11.3 Å². The van der Waals surface area contributed by atoms with Gasteiger partial charge in [-0.1, -0.05) is 40.5 Å². The van der Waals surface area contributed by atoms with E-state index in [1.807, 2.05) is 27.7 Å². The summed E-state index contributed by atoms with van der Waals surface area (Å²) >= 11 is 0. The van der Waals surface area contributed by atoms with E-state index in [0.717, 1.165) is 19.3 Å². The molecule has 1 fully saturated rings. The third-order valence-electron chi connectivity index (χ3n) is 4.85. The third kappa shape index (κ3) is 7.03. The molecule has 0 spiro atoms. The Bertz CT molecular complexity index is 562. The van der Waals surface area contributed by atoms with Crippen molar-refractivity contribution in [2.75, 3.05) is 0 Å². The molecule has 0 aliphatic heterocycles. The van der Waals surface area contributed by atoms with E-state index in [-0.39, 0.29) is 11.3 Å². The number of amides is 2. The Hall–Kier alpha value is -1.79. The Labute approximate surface area is 162 Å². The highest BCUT2D eigenvalue weighted by Gasteiger charge is 2.47. The molecule has 1 aliphatic carbocycles. The molecule has 7 heteroatoms. The molecule has 1 rings (SSSR count). The largest absolute Gasteiger partial charge is 0.479 e. The van der Waals surface area contributed by atoms with E-state index < -0.39 is 35.2 Å². The van der Waals surface area contributed by atoms with Crippen LogP contribution >= 0.6 is 0 Å². The quantitative estimate of drug-likeness (QED) is 0.673. The minimum Gasteiger partial charge on any atom is -0.479 e. The van der Waals surface area contributed by atoms with Crippen LogP contribution in [-0.2, 0) is 14.3 Å². The van der Waals surface area contributed by atoms with Gasteiger partial charge in [0.1, 0.15) is 17.2 Å². The Kier molecular flexibility index (Phi) is 7.30. The van der Waals surface area contributed by atoms with Gasteiger partial charge >= 0.3 is 12.1 Å². The summed E-state index contributed by atoms with van der Waals surface area (Å²) in [5.41, 5.74) is -2.22. The van der Waals surface area contributed by atoms with Crippen LogP contribution in [0.1, 0.15) is 80.6 Å². The van der Waals surface area contributed by atoms with Crippen molar-refractivity contribution in [3.63, 3.8) is 0 Å². The zero-order chi connectivity index (χ0) is 21.0. The molecule has 0 saturated heterocycles. The fourth-order valence-electron chi connectivity index (χ4n) is 3.48. The maximum atomic E-state index is 13.0. The third-order valence-corrected chi connectivity index (χ3v) is 4.85. The zero-order valence-electron chi connectivity index (χ0n) is 17.8. The van der Waals surface area contributed by atoms with E-state index in [0.29, 0.717) is 12.8 Å². The Morgan fingerprint density at radius 1 is 1.15 bits per heavy atom. The van der Waals surface area contributed by atoms with Crippen molar-refractivity contribution in [1.82, 2.24) is 10.6 Å². The van der Waals surface area contributed by atoms with Gasteiger partial charge in [-0.2, -0.15) is 0 Å². The van der Waals surface area contributed by atoms with Crippen molar-refractivity contribution in [2.45, 2.75) is 97.8 Å². The highest BCUT2D eigenvalue weighted by molar-refractivity contribution is 5.91. The molecule has 0 radical (unpaired) electrons. The van der Waals surface area contributed by atoms with Gasteiger partial charge in [-0.05, 0) is 51.4 Å². The van der Waals surface area contributed by atoms with Crippen LogP contribution in [0.4, 0.5) is 4.79 Å². The first-order valence-electron chi connectivity index (χ1n) is 9.71. The number of carboxylic acids is 1. The predicted molar refractivity (Wildman–Crippen MR) is 103 cm³/mol. The lowest BCUT2D eigenvalue weighted by atomic mass is 9.73. The molecule has 2 amide bonds. The van der Waals surface area contributed by atoms with E-state index in [4.69, 9.17) is 4.74 Å². The van der Waals surface area contributed by atoms with E-state index >= 15 is 0 Å². The van der Waals surface area contributed by atoms with Crippen molar-refractivity contribution in [2.24, 2.45) is 11.3 Å². The van der Waals surface area contributed by atoms with Crippen LogP contribution in [-0.4, -0.2) is 40.3 Å². The molecule has 0 aromatic carbocycles. The van der Waals surface area contributed by atoms with E-state index in [1.165, 1.54) is 0 Å². The van der Waals surface area contributed by atoms with E-state index in [9.17, 15) is 19.5 Å². The molecule has 0 heterocycles. The lowest BCUT2D eigenvalue weighted by molar-refractivity contribution is -0.152. The SMILES string of the molecule is CC1CCCCC1(NC(=O)[C@@H](CC(C)(C)C)NC(=O)OC(C)(C)C)C(=O)O. The number of carboxylic acid groups (broad SMARTS) is 1. The molecule has 27 heavy (non-hydrogen) atoms. The summed E-state index contributed by atoms with van der Waals surface area (Å²) in [5, 5.41) is 15.2. The highest BCUT2D eigenvalue weighted by atomic mass is 16.6. The van der Waals surface area contributed by atoms with Crippen molar-refractivity contribution in [1.29, 1.82) is 0 Å². The molecule has 0 bridgehead atoms. The monoisotopic (exact) mass is 384 g/mol. The average Bonchev–Trinajstić information content (AvgIpc) is 2.45. The van der Waals surface area contributed by atoms with Crippen molar-refractivity contribution in [3.8, 4) is 0 Å². The van der Waals surface area contributed by atoms with E-state index in [2.05, 4.69) is 10.6 Å². The summed E-state index contributed by atoms with van der Waals surface area (Å²) in [6.45, 7) is 13.0. The van der Waals surface area contributed by atoms with E-state index in [1.54, 1.807) is 20.8 Å². The number of hydrogen-bond acceptors (Lipinski definition) is 4. The molecule has 156 valence electrons. The Morgan fingerprint density at radius 2 is 1.74 bits per heavy atom. The minimum atomic E-state index is -1.29. The second kappa shape index (κ2) is 8.48. The Morgan fingerprint density at radius 3 is 2.19 bits per heavy atom. The first kappa shape index (κ1) is 23.2. The molecular formula is C20H36N2O5. The van der Waals surface area contributed by atoms with Gasteiger partial charge in [0, 0.05) is 0 Å². The van der Waals surface area contributed by atoms with Gasteiger partial charge in [0.2, 0.25) is 5.91 Å². The average molecular weight is 385 g/mol. The minimum absolute atomic E-state index is 0.176. The van der Waals surface area contributed by atoms with Crippen LogP contribution in [0.2, 0.25) is 0 Å². The van der Waals surface area contributed by atoms with Gasteiger partial charge in [-0.15, -0.1) is 0 Å². The molecule has 1 aliphatic rings. The number of nitrogens with one attached hydrogen (secondary N) is 2. The number of carbonyl (C=O) groups is 3. The summed E-state index contributed by atoms with van der Waals surface area (Å²) in [4.78, 5) is 37.2. The number of hydrogen-bond donors (Lipinski definition) is 3. The maximum absolute atomic E-state index is 13.0. The standard InChI is InChI=1S/C20H36N2O5/c1-13-10-8-9-11-20(13,16(24)25)22-15(23)14(12-18(2,3)4)21-17(26)27-19(5,6)7/h13-14H,8-12H2,1-7H3,(H,21,26)(H,22,23)(H,24,25)/t13?,14-,20?/m1/s1. The van der Waals surface area contributed by atoms with Crippen molar-refractivity contribution in [3.05, 3.63) is 0 Å². The topological polar surface area (TPSA) is 105 Å². The molecule has 0 aromatic heterocycles. The molecule has 2 unspecified atom stereocenters. The van der Waals surface area contributed by atoms with Crippen LogP contribution in [0.15, 0.2) is 0 Å². The predicted octanol–water partition coefficient (Wildman–Crippen LogP) is 3.47. The normalized spacial score (nSPS) is 24.6. The molecule has 3 atom stereocenters. The molecule has 7 nitrogen and oxygen atoms in total. The first-order valence-corrected chi connectivity index (χ1v) is 9.71. The second-order valence-corrected chi connectivity index (χ2v) is 9.88. The smallest absolute Gasteiger partial charge is 0.408 e. The number of alkyl carbamates (subject to hydrolysis) is 1. The number of carbonyl (C=O) groups excluding carboxylic acids is 2. The fraction of sp³-hybridized carbons (Fsp3) is 0.850. The van der Waals surface area contributed by atoms with Gasteiger partial charge in [-0.25, -0.2) is 9.59 Å². The van der Waals surface area contributed by atoms with Gasteiger partial charge in [0.05, 0.1) is 0 Å². The van der Waals surface area contributed by atoms with Crippen LogP contribution in [0.5, 0.6) is 0 Å². The van der Waals surface area contributed by atoms with Gasteiger partial charge in [0.15, 0.2) is 0 Å².